The largest absolute Gasteiger partial charge is 0.481 e. The van der Waals surface area contributed by atoms with Crippen LogP contribution in [0.1, 0.15) is 29.6 Å². The Morgan fingerprint density at radius 2 is 2.10 bits per heavy atom. The standard InChI is InChI=1S/C14H15BrN2O3/c15-11-8-16-4-1-9(11)12(18)17-5-2-14(3-6-17)7-10(14)13(19)20/h1,4,8,10H,2-3,5-7H2,(H,19,20). The van der Waals surface area contributed by atoms with E-state index in [-0.39, 0.29) is 17.2 Å². The Bertz CT molecular complexity index is 567. The van der Waals surface area contributed by atoms with Crippen LogP contribution in [0.5, 0.6) is 0 Å². The number of carboxylic acid groups (broad SMARTS) is 1. The summed E-state index contributed by atoms with van der Waals surface area (Å²) in [5.41, 5.74) is 0.569. The van der Waals surface area contributed by atoms with Gasteiger partial charge in [0.2, 0.25) is 0 Å². The lowest BCUT2D eigenvalue weighted by molar-refractivity contribution is -0.139. The van der Waals surface area contributed by atoms with E-state index >= 15 is 0 Å². The summed E-state index contributed by atoms with van der Waals surface area (Å²) in [6.07, 6.45) is 5.56. The molecule has 1 amide bonds. The zero-order valence-corrected chi connectivity index (χ0v) is 12.5. The minimum Gasteiger partial charge on any atom is -0.481 e. The van der Waals surface area contributed by atoms with E-state index in [0.717, 1.165) is 19.3 Å². The number of amides is 1. The quantitative estimate of drug-likeness (QED) is 0.897. The van der Waals surface area contributed by atoms with Crippen molar-refractivity contribution in [2.24, 2.45) is 11.3 Å². The number of likely N-dealkylation sites (tertiary alicyclic amines) is 1. The zero-order valence-electron chi connectivity index (χ0n) is 10.9. The molecule has 2 heterocycles. The van der Waals surface area contributed by atoms with Gasteiger partial charge in [0.05, 0.1) is 11.5 Å². The number of carbonyl (C=O) groups is 2. The molecular formula is C14H15BrN2O3. The highest BCUT2D eigenvalue weighted by molar-refractivity contribution is 9.10. The second-order valence-corrected chi connectivity index (χ2v) is 6.46. The van der Waals surface area contributed by atoms with Crippen LogP contribution in [-0.2, 0) is 4.79 Å². The van der Waals surface area contributed by atoms with Crippen molar-refractivity contribution in [3.8, 4) is 0 Å². The molecule has 6 heteroatoms. The van der Waals surface area contributed by atoms with Gasteiger partial charge in [0.1, 0.15) is 0 Å². The summed E-state index contributed by atoms with van der Waals surface area (Å²) in [5, 5.41) is 9.07. The molecule has 1 aromatic rings. The molecule has 1 aromatic heterocycles. The Morgan fingerprint density at radius 3 is 2.65 bits per heavy atom. The van der Waals surface area contributed by atoms with Gasteiger partial charge in [-0.1, -0.05) is 0 Å². The first-order chi connectivity index (χ1) is 9.53. The van der Waals surface area contributed by atoms with E-state index in [1.807, 2.05) is 4.90 Å². The zero-order chi connectivity index (χ0) is 14.3. The first-order valence-corrected chi connectivity index (χ1v) is 7.44. The summed E-state index contributed by atoms with van der Waals surface area (Å²) in [6.45, 7) is 1.27. The third-order valence-electron chi connectivity index (χ3n) is 4.54. The second-order valence-electron chi connectivity index (χ2n) is 5.61. The molecule has 20 heavy (non-hydrogen) atoms. The van der Waals surface area contributed by atoms with Crippen LogP contribution in [0.2, 0.25) is 0 Å². The highest BCUT2D eigenvalue weighted by Gasteiger charge is 2.59. The van der Waals surface area contributed by atoms with E-state index in [1.165, 1.54) is 0 Å². The van der Waals surface area contributed by atoms with Crippen molar-refractivity contribution in [3.63, 3.8) is 0 Å². The predicted molar refractivity (Wildman–Crippen MR) is 75.3 cm³/mol. The molecule has 1 unspecified atom stereocenters. The van der Waals surface area contributed by atoms with E-state index < -0.39 is 5.97 Å². The summed E-state index contributed by atoms with van der Waals surface area (Å²) in [6, 6.07) is 1.70. The molecule has 3 rings (SSSR count). The van der Waals surface area contributed by atoms with Gasteiger partial charge in [-0.15, -0.1) is 0 Å². The lowest BCUT2D eigenvalue weighted by Gasteiger charge is -2.32. The molecule has 0 aromatic carbocycles. The number of nitrogens with zero attached hydrogens (tertiary/aromatic N) is 2. The molecule has 1 spiro atoms. The molecule has 1 saturated carbocycles. The van der Waals surface area contributed by atoms with Gasteiger partial charge in [-0.05, 0) is 46.7 Å². The van der Waals surface area contributed by atoms with Gasteiger partial charge in [-0.2, -0.15) is 0 Å². The normalized spacial score (nSPS) is 23.6. The van der Waals surface area contributed by atoms with E-state index in [1.54, 1.807) is 18.5 Å². The lowest BCUT2D eigenvalue weighted by atomic mass is 9.90. The Kier molecular flexibility index (Phi) is 3.28. The average molecular weight is 339 g/mol. The SMILES string of the molecule is O=C(O)C1CC12CCN(C(=O)c1ccncc1Br)CC2. The maximum Gasteiger partial charge on any atom is 0.307 e. The van der Waals surface area contributed by atoms with Crippen LogP contribution in [0.15, 0.2) is 22.9 Å². The number of rotatable bonds is 2. The minimum atomic E-state index is -0.693. The predicted octanol–water partition coefficient (Wildman–Crippen LogP) is 2.17. The molecule has 1 atom stereocenters. The fraction of sp³-hybridized carbons (Fsp3) is 0.500. The topological polar surface area (TPSA) is 70.5 Å². The van der Waals surface area contributed by atoms with Crippen molar-refractivity contribution < 1.29 is 14.7 Å². The number of piperidine rings is 1. The Balaban J connectivity index is 1.66. The number of pyridine rings is 1. The van der Waals surface area contributed by atoms with E-state index in [0.29, 0.717) is 23.1 Å². The number of hydrogen-bond donors (Lipinski definition) is 1. The smallest absolute Gasteiger partial charge is 0.307 e. The van der Waals surface area contributed by atoms with Gasteiger partial charge in [0, 0.05) is 30.0 Å². The molecule has 1 aliphatic carbocycles. The van der Waals surface area contributed by atoms with E-state index in [4.69, 9.17) is 5.11 Å². The van der Waals surface area contributed by atoms with Gasteiger partial charge in [-0.25, -0.2) is 0 Å². The van der Waals surface area contributed by atoms with Gasteiger partial charge in [-0.3, -0.25) is 14.6 Å². The summed E-state index contributed by atoms with van der Waals surface area (Å²) in [4.78, 5) is 29.2. The second kappa shape index (κ2) is 4.84. The molecule has 1 N–H and O–H groups in total. The van der Waals surface area contributed by atoms with Crippen molar-refractivity contribution in [3.05, 3.63) is 28.5 Å². The molecule has 1 saturated heterocycles. The molecule has 1 aliphatic heterocycles. The van der Waals surface area contributed by atoms with Crippen LogP contribution in [0.4, 0.5) is 0 Å². The highest BCUT2D eigenvalue weighted by Crippen LogP contribution is 2.59. The van der Waals surface area contributed by atoms with Crippen LogP contribution in [0.25, 0.3) is 0 Å². The number of carbonyl (C=O) groups excluding carboxylic acids is 1. The van der Waals surface area contributed by atoms with Crippen molar-refractivity contribution in [1.82, 2.24) is 9.88 Å². The number of halogens is 1. The van der Waals surface area contributed by atoms with Crippen molar-refractivity contribution >= 4 is 27.8 Å². The summed E-state index contributed by atoms with van der Waals surface area (Å²) in [7, 11) is 0. The number of aromatic nitrogens is 1. The van der Waals surface area contributed by atoms with Crippen LogP contribution < -0.4 is 0 Å². The van der Waals surface area contributed by atoms with Gasteiger partial charge < -0.3 is 10.0 Å². The lowest BCUT2D eigenvalue weighted by Crippen LogP contribution is -2.40. The summed E-state index contributed by atoms with van der Waals surface area (Å²) < 4.78 is 0.695. The number of hydrogen-bond acceptors (Lipinski definition) is 3. The third kappa shape index (κ3) is 2.22. The number of carboxylic acids is 1. The molecular weight excluding hydrogens is 324 g/mol. The van der Waals surface area contributed by atoms with E-state index in [2.05, 4.69) is 20.9 Å². The third-order valence-corrected chi connectivity index (χ3v) is 5.17. The van der Waals surface area contributed by atoms with Gasteiger partial charge in [0.15, 0.2) is 0 Å². The molecule has 0 bridgehead atoms. The number of aliphatic carboxylic acids is 1. The van der Waals surface area contributed by atoms with Gasteiger partial charge in [0.25, 0.3) is 5.91 Å². The monoisotopic (exact) mass is 338 g/mol. The van der Waals surface area contributed by atoms with Crippen molar-refractivity contribution in [2.45, 2.75) is 19.3 Å². The molecule has 2 aliphatic rings. The fourth-order valence-electron chi connectivity index (χ4n) is 3.12. The Labute approximate surface area is 125 Å². The minimum absolute atomic E-state index is 0.0124. The van der Waals surface area contributed by atoms with Crippen LogP contribution in [-0.4, -0.2) is 40.0 Å². The molecule has 2 fully saturated rings. The molecule has 106 valence electrons. The van der Waals surface area contributed by atoms with Gasteiger partial charge >= 0.3 is 5.97 Å². The van der Waals surface area contributed by atoms with Crippen molar-refractivity contribution in [2.75, 3.05) is 13.1 Å². The maximum atomic E-state index is 12.4. The first-order valence-electron chi connectivity index (χ1n) is 6.65. The summed E-state index contributed by atoms with van der Waals surface area (Å²) >= 11 is 3.34. The maximum absolute atomic E-state index is 12.4. The first kappa shape index (κ1) is 13.5. The van der Waals surface area contributed by atoms with Crippen LogP contribution >= 0.6 is 15.9 Å². The Morgan fingerprint density at radius 1 is 1.40 bits per heavy atom. The summed E-state index contributed by atoms with van der Waals surface area (Å²) in [5.74, 6) is -0.907. The van der Waals surface area contributed by atoms with E-state index in [9.17, 15) is 9.59 Å². The van der Waals surface area contributed by atoms with Crippen LogP contribution in [0, 0.1) is 11.3 Å². The fourth-order valence-corrected chi connectivity index (χ4v) is 3.54. The Hall–Kier alpha value is -1.43. The van der Waals surface area contributed by atoms with Crippen molar-refractivity contribution in [1.29, 1.82) is 0 Å². The molecule has 5 nitrogen and oxygen atoms in total. The average Bonchev–Trinajstić information content (AvgIpc) is 3.14. The van der Waals surface area contributed by atoms with Crippen LogP contribution in [0.3, 0.4) is 0 Å². The highest BCUT2D eigenvalue weighted by atomic mass is 79.9. The molecule has 0 radical (unpaired) electrons.